The van der Waals surface area contributed by atoms with Crippen LogP contribution in [0.15, 0.2) is 18.5 Å². The van der Waals surface area contributed by atoms with Crippen molar-refractivity contribution >= 4 is 0 Å². The first-order valence-corrected chi connectivity index (χ1v) is 4.04. The third kappa shape index (κ3) is 1.28. The molecule has 0 unspecified atom stereocenters. The maximum absolute atomic E-state index is 4.16. The molecule has 3 heteroatoms. The van der Waals surface area contributed by atoms with Crippen LogP contribution in [-0.2, 0) is 6.54 Å². The van der Waals surface area contributed by atoms with Gasteiger partial charge in [0.1, 0.15) is 0 Å². The van der Waals surface area contributed by atoms with Crippen molar-refractivity contribution < 1.29 is 0 Å². The lowest BCUT2D eigenvalue weighted by atomic mass is 10.1. The molecule has 1 saturated heterocycles. The van der Waals surface area contributed by atoms with Gasteiger partial charge in [0.15, 0.2) is 0 Å². The molecule has 3 nitrogen and oxygen atoms in total. The number of rotatable bonds is 2. The van der Waals surface area contributed by atoms with Crippen LogP contribution in [-0.4, -0.2) is 34.3 Å². The quantitative estimate of drug-likeness (QED) is 0.616. The Bertz CT molecular complexity index is 217. The molecule has 60 valence electrons. The van der Waals surface area contributed by atoms with E-state index in [0.29, 0.717) is 0 Å². The van der Waals surface area contributed by atoms with E-state index in [1.165, 1.54) is 13.0 Å². The normalized spacial score (nSPS) is 25.0. The Morgan fingerprint density at radius 3 is 3.00 bits per heavy atom. The summed E-state index contributed by atoms with van der Waals surface area (Å²) in [5, 5.41) is 4.16. The Hall–Kier alpha value is -0.830. The fraction of sp³-hybridized carbons (Fsp3) is 0.625. The molecule has 0 aromatic carbocycles. The maximum atomic E-state index is 4.16. The zero-order chi connectivity index (χ0) is 7.68. The minimum atomic E-state index is 0.717. The first-order valence-electron chi connectivity index (χ1n) is 4.04. The summed E-state index contributed by atoms with van der Waals surface area (Å²) in [7, 11) is 2.16. The lowest BCUT2D eigenvalue weighted by molar-refractivity contribution is 0.107. The van der Waals surface area contributed by atoms with Gasteiger partial charge in [-0.25, -0.2) is 0 Å². The van der Waals surface area contributed by atoms with Crippen LogP contribution in [0.25, 0.3) is 0 Å². The average molecular weight is 151 g/mol. The molecule has 2 rings (SSSR count). The summed E-state index contributed by atoms with van der Waals surface area (Å²) in [5.41, 5.74) is 0. The number of likely N-dealkylation sites (N-methyl/N-ethyl adjacent to an activating group) is 1. The average Bonchev–Trinajstić information content (AvgIpc) is 2.49. The Morgan fingerprint density at radius 1 is 1.64 bits per heavy atom. The van der Waals surface area contributed by atoms with Gasteiger partial charge in [-0.05, 0) is 26.1 Å². The van der Waals surface area contributed by atoms with Gasteiger partial charge in [-0.1, -0.05) is 0 Å². The molecule has 1 aliphatic rings. The van der Waals surface area contributed by atoms with Crippen molar-refractivity contribution in [2.45, 2.75) is 19.0 Å². The predicted molar refractivity (Wildman–Crippen MR) is 43.3 cm³/mol. The van der Waals surface area contributed by atoms with Crippen LogP contribution in [0.3, 0.4) is 0 Å². The molecule has 2 heterocycles. The largest absolute Gasteiger partial charge is 0.301 e. The minimum absolute atomic E-state index is 0.717. The van der Waals surface area contributed by atoms with Gasteiger partial charge in [-0.3, -0.25) is 4.68 Å². The van der Waals surface area contributed by atoms with Gasteiger partial charge < -0.3 is 4.90 Å². The van der Waals surface area contributed by atoms with Crippen LogP contribution in [0.2, 0.25) is 0 Å². The fourth-order valence-corrected chi connectivity index (χ4v) is 1.42. The van der Waals surface area contributed by atoms with Crippen LogP contribution >= 0.6 is 0 Å². The molecule has 1 atom stereocenters. The number of likely N-dealkylation sites (tertiary alicyclic amines) is 1. The van der Waals surface area contributed by atoms with E-state index in [1.807, 2.05) is 23.1 Å². The summed E-state index contributed by atoms with van der Waals surface area (Å²) >= 11 is 0. The second-order valence-electron chi connectivity index (χ2n) is 3.15. The SMILES string of the molecule is CN1CC[C@@H]1Cn1cccn1. The van der Waals surface area contributed by atoms with Gasteiger partial charge in [-0.2, -0.15) is 5.10 Å². The van der Waals surface area contributed by atoms with E-state index >= 15 is 0 Å². The Kier molecular flexibility index (Phi) is 1.66. The van der Waals surface area contributed by atoms with E-state index in [0.717, 1.165) is 12.6 Å². The molecule has 1 aromatic heterocycles. The standard InChI is InChI=1S/C8H13N3/c1-10-6-3-8(10)7-11-5-2-4-9-11/h2,4-5,8H,3,6-7H2,1H3/t8-/m1/s1. The monoisotopic (exact) mass is 151 g/mol. The lowest BCUT2D eigenvalue weighted by Crippen LogP contribution is -2.47. The van der Waals surface area contributed by atoms with Gasteiger partial charge in [0.2, 0.25) is 0 Å². The summed E-state index contributed by atoms with van der Waals surface area (Å²) in [6.45, 7) is 2.29. The van der Waals surface area contributed by atoms with Crippen molar-refractivity contribution in [3.8, 4) is 0 Å². The predicted octanol–water partition coefficient (Wildman–Crippen LogP) is 0.587. The van der Waals surface area contributed by atoms with E-state index in [9.17, 15) is 0 Å². The maximum Gasteiger partial charge on any atom is 0.0565 e. The lowest BCUT2D eigenvalue weighted by Gasteiger charge is -2.37. The molecular weight excluding hydrogens is 138 g/mol. The fourth-order valence-electron chi connectivity index (χ4n) is 1.42. The van der Waals surface area contributed by atoms with Crippen molar-refractivity contribution in [2.75, 3.05) is 13.6 Å². The van der Waals surface area contributed by atoms with Crippen molar-refractivity contribution in [1.82, 2.24) is 14.7 Å². The highest BCUT2D eigenvalue weighted by atomic mass is 15.3. The molecule has 11 heavy (non-hydrogen) atoms. The number of nitrogens with zero attached hydrogens (tertiary/aromatic N) is 3. The number of aromatic nitrogens is 2. The van der Waals surface area contributed by atoms with Crippen LogP contribution < -0.4 is 0 Å². The number of hydrogen-bond donors (Lipinski definition) is 0. The van der Waals surface area contributed by atoms with Crippen molar-refractivity contribution in [2.24, 2.45) is 0 Å². The van der Waals surface area contributed by atoms with Crippen LogP contribution in [0.4, 0.5) is 0 Å². The van der Waals surface area contributed by atoms with E-state index in [4.69, 9.17) is 0 Å². The van der Waals surface area contributed by atoms with Crippen LogP contribution in [0.1, 0.15) is 6.42 Å². The molecule has 1 aromatic rings. The second kappa shape index (κ2) is 2.66. The Morgan fingerprint density at radius 2 is 2.55 bits per heavy atom. The minimum Gasteiger partial charge on any atom is -0.301 e. The highest BCUT2D eigenvalue weighted by Crippen LogP contribution is 2.15. The van der Waals surface area contributed by atoms with E-state index in [1.54, 1.807) is 0 Å². The summed E-state index contributed by atoms with van der Waals surface area (Å²) < 4.78 is 2.00. The smallest absolute Gasteiger partial charge is 0.0565 e. The molecular formula is C8H13N3. The first kappa shape index (κ1) is 6.85. The van der Waals surface area contributed by atoms with Gasteiger partial charge in [-0.15, -0.1) is 0 Å². The molecule has 0 radical (unpaired) electrons. The molecule has 0 spiro atoms. The Labute approximate surface area is 66.6 Å². The van der Waals surface area contributed by atoms with Gasteiger partial charge in [0.05, 0.1) is 6.54 Å². The molecule has 0 amide bonds. The van der Waals surface area contributed by atoms with Crippen molar-refractivity contribution in [1.29, 1.82) is 0 Å². The van der Waals surface area contributed by atoms with Crippen LogP contribution in [0, 0.1) is 0 Å². The van der Waals surface area contributed by atoms with E-state index in [2.05, 4.69) is 17.0 Å². The number of hydrogen-bond acceptors (Lipinski definition) is 2. The van der Waals surface area contributed by atoms with Crippen molar-refractivity contribution in [3.05, 3.63) is 18.5 Å². The molecule has 0 aliphatic carbocycles. The van der Waals surface area contributed by atoms with Gasteiger partial charge >= 0.3 is 0 Å². The van der Waals surface area contributed by atoms with Crippen LogP contribution in [0.5, 0.6) is 0 Å². The third-order valence-corrected chi connectivity index (χ3v) is 2.40. The molecule has 1 aliphatic heterocycles. The Balaban J connectivity index is 1.91. The summed E-state index contributed by atoms with van der Waals surface area (Å²) in [5.74, 6) is 0. The molecule has 1 fully saturated rings. The van der Waals surface area contributed by atoms with E-state index < -0.39 is 0 Å². The van der Waals surface area contributed by atoms with Gasteiger partial charge in [0.25, 0.3) is 0 Å². The van der Waals surface area contributed by atoms with Crippen molar-refractivity contribution in [3.63, 3.8) is 0 Å². The molecule has 0 N–H and O–H groups in total. The zero-order valence-corrected chi connectivity index (χ0v) is 6.77. The topological polar surface area (TPSA) is 21.1 Å². The summed E-state index contributed by atoms with van der Waals surface area (Å²) in [6.07, 6.45) is 5.17. The third-order valence-electron chi connectivity index (χ3n) is 2.40. The first-order chi connectivity index (χ1) is 5.36. The highest BCUT2D eigenvalue weighted by molar-refractivity contribution is 4.83. The summed E-state index contributed by atoms with van der Waals surface area (Å²) in [4.78, 5) is 2.36. The van der Waals surface area contributed by atoms with E-state index in [-0.39, 0.29) is 0 Å². The molecule has 0 bridgehead atoms. The second-order valence-corrected chi connectivity index (χ2v) is 3.15. The summed E-state index contributed by atoms with van der Waals surface area (Å²) in [6, 6.07) is 2.69. The van der Waals surface area contributed by atoms with Gasteiger partial charge in [0, 0.05) is 18.4 Å². The molecule has 0 saturated carbocycles. The zero-order valence-electron chi connectivity index (χ0n) is 6.77. The highest BCUT2D eigenvalue weighted by Gasteiger charge is 2.23.